The molecule has 0 saturated heterocycles. The van der Waals surface area contributed by atoms with E-state index >= 15 is 0 Å². The van der Waals surface area contributed by atoms with Crippen LogP contribution in [0.3, 0.4) is 0 Å². The number of hydrogen-bond acceptors (Lipinski definition) is 3. The van der Waals surface area contributed by atoms with Crippen molar-refractivity contribution in [3.8, 4) is 5.75 Å². The molecule has 1 heterocycles. The lowest BCUT2D eigenvalue weighted by molar-refractivity contribution is 0.241. The summed E-state index contributed by atoms with van der Waals surface area (Å²) in [4.78, 5) is 4.28. The van der Waals surface area contributed by atoms with Gasteiger partial charge in [0.2, 0.25) is 0 Å². The molecule has 102 valence electrons. The Labute approximate surface area is 111 Å². The molecule has 0 aliphatic rings. The van der Waals surface area contributed by atoms with E-state index in [4.69, 9.17) is 4.74 Å². The Bertz CT molecular complexity index is 352. The first-order valence-corrected chi connectivity index (χ1v) is 6.86. The lowest BCUT2D eigenvalue weighted by atomic mass is 9.90. The predicted molar refractivity (Wildman–Crippen MR) is 76.1 cm³/mol. The highest BCUT2D eigenvalue weighted by molar-refractivity contribution is 5.26. The fraction of sp³-hybridized carbons (Fsp3) is 0.667. The summed E-state index contributed by atoms with van der Waals surface area (Å²) in [5.41, 5.74) is 1.25. The third-order valence-corrected chi connectivity index (χ3v) is 3.20. The third kappa shape index (κ3) is 4.65. The summed E-state index contributed by atoms with van der Waals surface area (Å²) in [5.74, 6) is 1.93. The number of hydrogen-bond donors (Lipinski definition) is 1. The number of ether oxygens (including phenoxy) is 1. The fourth-order valence-corrected chi connectivity index (χ4v) is 1.90. The van der Waals surface area contributed by atoms with Gasteiger partial charge in [-0.05, 0) is 50.4 Å². The highest BCUT2D eigenvalue weighted by Crippen LogP contribution is 2.26. The van der Waals surface area contributed by atoms with Gasteiger partial charge in [-0.3, -0.25) is 4.98 Å². The average Bonchev–Trinajstić information content (AvgIpc) is 2.34. The summed E-state index contributed by atoms with van der Waals surface area (Å²) in [6.45, 7) is 12.8. The van der Waals surface area contributed by atoms with Crippen LogP contribution in [0.4, 0.5) is 0 Å². The van der Waals surface area contributed by atoms with E-state index in [9.17, 15) is 0 Å². The molecule has 1 rings (SSSR count). The van der Waals surface area contributed by atoms with E-state index < -0.39 is 0 Å². The Morgan fingerprint density at radius 1 is 1.22 bits per heavy atom. The summed E-state index contributed by atoms with van der Waals surface area (Å²) in [5, 5.41) is 3.39. The van der Waals surface area contributed by atoms with Gasteiger partial charge < -0.3 is 10.1 Å². The molecule has 2 unspecified atom stereocenters. The SMILES string of the molecule is CCNCC(C)C(C)c1cncc(OC(C)C)c1. The van der Waals surface area contributed by atoms with E-state index in [2.05, 4.69) is 37.1 Å². The molecule has 0 saturated carbocycles. The third-order valence-electron chi connectivity index (χ3n) is 3.20. The number of aromatic nitrogens is 1. The molecule has 3 nitrogen and oxygen atoms in total. The first-order valence-electron chi connectivity index (χ1n) is 6.86. The van der Waals surface area contributed by atoms with Crippen LogP contribution >= 0.6 is 0 Å². The van der Waals surface area contributed by atoms with Crippen molar-refractivity contribution >= 4 is 0 Å². The monoisotopic (exact) mass is 250 g/mol. The minimum atomic E-state index is 0.191. The van der Waals surface area contributed by atoms with Crippen molar-refractivity contribution in [2.45, 2.75) is 46.6 Å². The topological polar surface area (TPSA) is 34.2 Å². The van der Waals surface area contributed by atoms with Crippen molar-refractivity contribution in [1.29, 1.82) is 0 Å². The maximum absolute atomic E-state index is 5.69. The molecule has 0 aliphatic heterocycles. The van der Waals surface area contributed by atoms with Crippen molar-refractivity contribution in [1.82, 2.24) is 10.3 Å². The van der Waals surface area contributed by atoms with Crippen LogP contribution in [-0.2, 0) is 0 Å². The smallest absolute Gasteiger partial charge is 0.138 e. The van der Waals surface area contributed by atoms with Crippen molar-refractivity contribution in [2.75, 3.05) is 13.1 Å². The zero-order valence-corrected chi connectivity index (χ0v) is 12.2. The minimum Gasteiger partial charge on any atom is -0.489 e. The first kappa shape index (κ1) is 15.0. The summed E-state index contributed by atoms with van der Waals surface area (Å²) < 4.78 is 5.69. The number of pyridine rings is 1. The van der Waals surface area contributed by atoms with E-state index in [-0.39, 0.29) is 6.10 Å². The summed E-state index contributed by atoms with van der Waals surface area (Å²) >= 11 is 0. The van der Waals surface area contributed by atoms with Gasteiger partial charge in [0.25, 0.3) is 0 Å². The molecule has 1 aromatic rings. The molecule has 0 amide bonds. The van der Waals surface area contributed by atoms with E-state index in [1.165, 1.54) is 5.56 Å². The maximum atomic E-state index is 5.69. The van der Waals surface area contributed by atoms with Gasteiger partial charge in [0.15, 0.2) is 0 Å². The molecule has 1 N–H and O–H groups in total. The molecule has 3 heteroatoms. The van der Waals surface area contributed by atoms with Crippen LogP contribution in [0.15, 0.2) is 18.5 Å². The van der Waals surface area contributed by atoms with Crippen LogP contribution in [0.5, 0.6) is 5.75 Å². The fourth-order valence-electron chi connectivity index (χ4n) is 1.90. The van der Waals surface area contributed by atoms with Crippen molar-refractivity contribution in [3.05, 3.63) is 24.0 Å². The zero-order chi connectivity index (χ0) is 13.5. The van der Waals surface area contributed by atoms with Crippen LogP contribution in [0.1, 0.15) is 46.1 Å². The van der Waals surface area contributed by atoms with Gasteiger partial charge in [0, 0.05) is 6.20 Å². The Kier molecular flexibility index (Phi) is 6.13. The Hall–Kier alpha value is -1.09. The second kappa shape index (κ2) is 7.37. The standard InChI is InChI=1S/C15H26N2O/c1-6-16-8-12(4)13(5)14-7-15(10-17-9-14)18-11(2)3/h7,9-13,16H,6,8H2,1-5H3. The van der Waals surface area contributed by atoms with E-state index in [0.717, 1.165) is 18.8 Å². The van der Waals surface area contributed by atoms with Crippen LogP contribution in [0, 0.1) is 5.92 Å². The minimum absolute atomic E-state index is 0.191. The Morgan fingerprint density at radius 2 is 1.94 bits per heavy atom. The zero-order valence-electron chi connectivity index (χ0n) is 12.2. The molecular formula is C15H26N2O. The van der Waals surface area contributed by atoms with E-state index in [1.807, 2.05) is 20.0 Å². The molecule has 0 bridgehead atoms. The van der Waals surface area contributed by atoms with Crippen LogP contribution < -0.4 is 10.1 Å². The van der Waals surface area contributed by atoms with Crippen LogP contribution in [-0.4, -0.2) is 24.2 Å². The number of nitrogens with zero attached hydrogens (tertiary/aromatic N) is 1. The van der Waals surface area contributed by atoms with Gasteiger partial charge in [-0.2, -0.15) is 0 Å². The van der Waals surface area contributed by atoms with Crippen molar-refractivity contribution in [2.24, 2.45) is 5.92 Å². The lowest BCUT2D eigenvalue weighted by Crippen LogP contribution is -2.24. The van der Waals surface area contributed by atoms with Crippen molar-refractivity contribution in [3.63, 3.8) is 0 Å². The van der Waals surface area contributed by atoms with Crippen LogP contribution in [0.2, 0.25) is 0 Å². The molecular weight excluding hydrogens is 224 g/mol. The van der Waals surface area contributed by atoms with Gasteiger partial charge in [0.1, 0.15) is 5.75 Å². The largest absolute Gasteiger partial charge is 0.489 e. The molecule has 2 atom stereocenters. The Balaban J connectivity index is 2.69. The maximum Gasteiger partial charge on any atom is 0.138 e. The second-order valence-corrected chi connectivity index (χ2v) is 5.19. The van der Waals surface area contributed by atoms with Gasteiger partial charge in [-0.25, -0.2) is 0 Å². The van der Waals surface area contributed by atoms with Crippen molar-refractivity contribution < 1.29 is 4.74 Å². The predicted octanol–water partition coefficient (Wildman–Crippen LogP) is 3.22. The Morgan fingerprint density at radius 3 is 2.56 bits per heavy atom. The molecule has 18 heavy (non-hydrogen) atoms. The molecule has 0 radical (unpaired) electrons. The molecule has 0 fully saturated rings. The molecule has 0 spiro atoms. The number of nitrogens with one attached hydrogen (secondary N) is 1. The molecule has 0 aromatic carbocycles. The normalized spacial score (nSPS) is 14.6. The summed E-state index contributed by atoms with van der Waals surface area (Å²) in [7, 11) is 0. The highest BCUT2D eigenvalue weighted by Gasteiger charge is 2.15. The highest BCUT2D eigenvalue weighted by atomic mass is 16.5. The summed E-state index contributed by atoms with van der Waals surface area (Å²) in [6, 6.07) is 2.11. The van der Waals surface area contributed by atoms with Gasteiger partial charge in [-0.1, -0.05) is 20.8 Å². The van der Waals surface area contributed by atoms with Gasteiger partial charge in [0.05, 0.1) is 12.3 Å². The quantitative estimate of drug-likeness (QED) is 0.807. The van der Waals surface area contributed by atoms with E-state index in [0.29, 0.717) is 11.8 Å². The number of rotatable bonds is 7. The average molecular weight is 250 g/mol. The first-order chi connectivity index (χ1) is 8.54. The lowest BCUT2D eigenvalue weighted by Gasteiger charge is -2.21. The summed E-state index contributed by atoms with van der Waals surface area (Å²) in [6.07, 6.45) is 3.92. The van der Waals surface area contributed by atoms with E-state index in [1.54, 1.807) is 6.20 Å². The van der Waals surface area contributed by atoms with Crippen LogP contribution in [0.25, 0.3) is 0 Å². The van der Waals surface area contributed by atoms with Gasteiger partial charge in [-0.15, -0.1) is 0 Å². The molecule has 0 aliphatic carbocycles. The van der Waals surface area contributed by atoms with Gasteiger partial charge >= 0.3 is 0 Å². The molecule has 1 aromatic heterocycles. The second-order valence-electron chi connectivity index (χ2n) is 5.19.